The van der Waals surface area contributed by atoms with Crippen LogP contribution in [-0.2, 0) is 4.79 Å². The van der Waals surface area contributed by atoms with Crippen LogP contribution < -0.4 is 25.6 Å². The van der Waals surface area contributed by atoms with E-state index in [1.54, 1.807) is 36.4 Å². The Morgan fingerprint density at radius 1 is 1.04 bits per heavy atom. The van der Waals surface area contributed by atoms with Crippen molar-refractivity contribution in [3.63, 3.8) is 0 Å². The number of carbonyl (C=O) groups is 1. The molecule has 0 aliphatic heterocycles. The molecule has 3 N–H and O–H groups in total. The summed E-state index contributed by atoms with van der Waals surface area (Å²) in [5.74, 6) is 0.375. The van der Waals surface area contributed by atoms with Crippen LogP contribution in [0.4, 0.5) is 10.1 Å². The normalized spacial score (nSPS) is 9.84. The summed E-state index contributed by atoms with van der Waals surface area (Å²) < 4.78 is 24.1. The highest BCUT2D eigenvalue weighted by molar-refractivity contribution is 7.80. The van der Waals surface area contributed by atoms with E-state index in [1.165, 1.54) is 12.1 Å². The summed E-state index contributed by atoms with van der Waals surface area (Å²) in [5, 5.41) is 2.69. The highest BCUT2D eigenvalue weighted by Gasteiger charge is 2.06. The second-order valence-corrected chi connectivity index (χ2v) is 5.21. The molecule has 0 spiro atoms. The Kier molecular flexibility index (Phi) is 6.97. The Balaban J connectivity index is 1.71. The lowest BCUT2D eigenvalue weighted by molar-refractivity contribution is -0.123. The van der Waals surface area contributed by atoms with Crippen molar-refractivity contribution in [3.8, 4) is 11.5 Å². The van der Waals surface area contributed by atoms with Crippen molar-refractivity contribution in [2.75, 3.05) is 18.5 Å². The van der Waals surface area contributed by atoms with Crippen LogP contribution in [0.15, 0.2) is 48.5 Å². The zero-order chi connectivity index (χ0) is 18.1. The van der Waals surface area contributed by atoms with E-state index in [0.717, 1.165) is 5.75 Å². The summed E-state index contributed by atoms with van der Waals surface area (Å²) in [6.45, 7) is 2.27. The maximum absolute atomic E-state index is 13.5. The van der Waals surface area contributed by atoms with Crippen molar-refractivity contribution < 1.29 is 18.7 Å². The van der Waals surface area contributed by atoms with Gasteiger partial charge in [-0.25, -0.2) is 4.39 Å². The maximum atomic E-state index is 13.5. The third-order valence-electron chi connectivity index (χ3n) is 2.94. The number of anilines is 1. The predicted molar refractivity (Wildman–Crippen MR) is 97.0 cm³/mol. The first-order chi connectivity index (χ1) is 12.1. The lowest BCUT2D eigenvalue weighted by atomic mass is 10.3. The number of nitrogens with one attached hydrogen (secondary N) is 3. The molecular formula is C17H18FN3O3S. The molecule has 0 aliphatic carbocycles. The second-order valence-electron chi connectivity index (χ2n) is 4.80. The summed E-state index contributed by atoms with van der Waals surface area (Å²) in [4.78, 5) is 11.7. The highest BCUT2D eigenvalue weighted by atomic mass is 32.1. The number of carbonyl (C=O) groups excluding carboxylic acids is 1. The number of hydrogen-bond acceptors (Lipinski definition) is 4. The number of halogens is 1. The molecule has 0 bridgehead atoms. The van der Waals surface area contributed by atoms with Gasteiger partial charge in [0.1, 0.15) is 17.3 Å². The lowest BCUT2D eigenvalue weighted by Gasteiger charge is -2.12. The quantitative estimate of drug-likeness (QED) is 0.541. The fraction of sp³-hybridized carbons (Fsp3) is 0.176. The van der Waals surface area contributed by atoms with Crippen molar-refractivity contribution in [1.29, 1.82) is 0 Å². The van der Waals surface area contributed by atoms with Crippen LogP contribution in [0.2, 0.25) is 0 Å². The van der Waals surface area contributed by atoms with E-state index in [0.29, 0.717) is 12.4 Å². The van der Waals surface area contributed by atoms with Crippen molar-refractivity contribution >= 4 is 28.9 Å². The molecule has 2 aromatic carbocycles. The number of hydrogen-bond donors (Lipinski definition) is 3. The molecule has 25 heavy (non-hydrogen) atoms. The first-order valence-corrected chi connectivity index (χ1v) is 7.95. The van der Waals surface area contributed by atoms with Crippen molar-refractivity contribution in [2.24, 2.45) is 0 Å². The highest BCUT2D eigenvalue weighted by Crippen LogP contribution is 2.17. The number of ether oxygens (including phenoxy) is 2. The molecule has 0 saturated carbocycles. The molecule has 0 atom stereocenters. The zero-order valence-corrected chi connectivity index (χ0v) is 14.4. The molecule has 6 nitrogen and oxygen atoms in total. The van der Waals surface area contributed by atoms with Crippen LogP contribution in [0.1, 0.15) is 6.92 Å². The van der Waals surface area contributed by atoms with Gasteiger partial charge in [0.15, 0.2) is 11.7 Å². The van der Waals surface area contributed by atoms with Crippen molar-refractivity contribution in [3.05, 3.63) is 54.3 Å². The standard InChI is InChI=1S/C17H18FN3O3S/c1-2-23-12-7-9-13(10-8-12)24-11-16(22)20-21-17(25)19-15-6-4-3-5-14(15)18/h3-10H,2,11H2,1H3,(H,20,22)(H2,19,21,25). The van der Waals surface area contributed by atoms with Gasteiger partial charge in [-0.05, 0) is 55.5 Å². The Hall–Kier alpha value is -2.87. The third kappa shape index (κ3) is 6.27. The molecule has 0 saturated heterocycles. The van der Waals surface area contributed by atoms with E-state index in [4.69, 9.17) is 21.7 Å². The van der Waals surface area contributed by atoms with Gasteiger partial charge in [0.05, 0.1) is 12.3 Å². The number of thiocarbonyl (C=S) groups is 1. The Labute approximate surface area is 150 Å². The first-order valence-electron chi connectivity index (χ1n) is 7.54. The molecule has 0 fully saturated rings. The van der Waals surface area contributed by atoms with Gasteiger partial charge in [-0.3, -0.25) is 15.6 Å². The molecule has 0 unspecified atom stereocenters. The van der Waals surface area contributed by atoms with Crippen LogP contribution in [0.5, 0.6) is 11.5 Å². The molecule has 0 radical (unpaired) electrons. The minimum atomic E-state index is -0.447. The molecule has 2 rings (SSSR count). The van der Waals surface area contributed by atoms with Gasteiger partial charge >= 0.3 is 0 Å². The molecular weight excluding hydrogens is 345 g/mol. The van der Waals surface area contributed by atoms with Gasteiger partial charge in [0.25, 0.3) is 5.91 Å². The van der Waals surface area contributed by atoms with E-state index in [1.807, 2.05) is 6.92 Å². The van der Waals surface area contributed by atoms with Gasteiger partial charge in [0, 0.05) is 0 Å². The minimum Gasteiger partial charge on any atom is -0.494 e. The van der Waals surface area contributed by atoms with Gasteiger partial charge in [-0.2, -0.15) is 0 Å². The Morgan fingerprint density at radius 3 is 2.32 bits per heavy atom. The summed E-state index contributed by atoms with van der Waals surface area (Å²) in [5.41, 5.74) is 5.04. The number of amides is 1. The van der Waals surface area contributed by atoms with E-state index in [-0.39, 0.29) is 17.4 Å². The van der Waals surface area contributed by atoms with Crippen LogP contribution in [0, 0.1) is 5.82 Å². The molecule has 0 heterocycles. The van der Waals surface area contributed by atoms with Crippen molar-refractivity contribution in [2.45, 2.75) is 6.92 Å². The molecule has 1 amide bonds. The van der Waals surface area contributed by atoms with Crippen molar-refractivity contribution in [1.82, 2.24) is 10.9 Å². The van der Waals surface area contributed by atoms with Gasteiger partial charge in [0.2, 0.25) is 0 Å². The largest absolute Gasteiger partial charge is 0.494 e. The number of benzene rings is 2. The SMILES string of the molecule is CCOc1ccc(OCC(=O)NNC(=S)Nc2ccccc2F)cc1. The molecule has 0 aromatic heterocycles. The number of para-hydroxylation sites is 1. The van der Waals surface area contributed by atoms with Crippen LogP contribution >= 0.6 is 12.2 Å². The topological polar surface area (TPSA) is 71.6 Å². The van der Waals surface area contributed by atoms with Gasteiger partial charge in [-0.1, -0.05) is 12.1 Å². The van der Waals surface area contributed by atoms with E-state index < -0.39 is 11.7 Å². The summed E-state index contributed by atoms with van der Waals surface area (Å²) in [6.07, 6.45) is 0. The fourth-order valence-electron chi connectivity index (χ4n) is 1.83. The Morgan fingerprint density at radius 2 is 1.68 bits per heavy atom. The summed E-state index contributed by atoms with van der Waals surface area (Å²) in [7, 11) is 0. The average molecular weight is 363 g/mol. The average Bonchev–Trinajstić information content (AvgIpc) is 2.61. The van der Waals surface area contributed by atoms with E-state index in [2.05, 4.69) is 16.2 Å². The molecule has 0 aliphatic rings. The predicted octanol–water partition coefficient (Wildman–Crippen LogP) is 2.62. The third-order valence-corrected chi connectivity index (χ3v) is 3.15. The number of rotatable bonds is 6. The Bertz CT molecular complexity index is 725. The van der Waals surface area contributed by atoms with E-state index >= 15 is 0 Å². The summed E-state index contributed by atoms with van der Waals surface area (Å²) >= 11 is 4.97. The number of hydrazine groups is 1. The second kappa shape index (κ2) is 9.43. The van der Waals surface area contributed by atoms with Crippen LogP contribution in [0.25, 0.3) is 0 Å². The minimum absolute atomic E-state index is 0.0551. The molecule has 132 valence electrons. The molecule has 8 heteroatoms. The zero-order valence-electron chi connectivity index (χ0n) is 13.5. The van der Waals surface area contributed by atoms with Crippen LogP contribution in [0.3, 0.4) is 0 Å². The maximum Gasteiger partial charge on any atom is 0.276 e. The van der Waals surface area contributed by atoms with Gasteiger partial charge < -0.3 is 14.8 Å². The van der Waals surface area contributed by atoms with Crippen LogP contribution in [-0.4, -0.2) is 24.2 Å². The first kappa shape index (κ1) is 18.5. The van der Waals surface area contributed by atoms with E-state index in [9.17, 15) is 9.18 Å². The summed E-state index contributed by atoms with van der Waals surface area (Å²) in [6, 6.07) is 13.0. The smallest absolute Gasteiger partial charge is 0.276 e. The fourth-order valence-corrected chi connectivity index (χ4v) is 1.99. The van der Waals surface area contributed by atoms with Gasteiger partial charge in [-0.15, -0.1) is 0 Å². The lowest BCUT2D eigenvalue weighted by Crippen LogP contribution is -2.45. The monoisotopic (exact) mass is 363 g/mol. The molecule has 2 aromatic rings.